The van der Waals surface area contributed by atoms with E-state index in [9.17, 15) is 13.6 Å². The number of fused-ring (bicyclic) bond motifs is 1. The largest absolute Gasteiger partial charge is 0.356 e. The average Bonchev–Trinajstić information content (AvgIpc) is 2.68. The van der Waals surface area contributed by atoms with Gasteiger partial charge in [0, 0.05) is 30.2 Å². The molecule has 2 heterocycles. The van der Waals surface area contributed by atoms with Crippen molar-refractivity contribution < 1.29 is 13.6 Å². The average molecular weight is 368 g/mol. The highest BCUT2D eigenvalue weighted by molar-refractivity contribution is 6.05. The number of carbonyl (C=O) groups excluding carboxylic acids is 1. The molecule has 27 heavy (non-hydrogen) atoms. The Labute approximate surface area is 155 Å². The van der Waals surface area contributed by atoms with Gasteiger partial charge in [0.05, 0.1) is 11.1 Å². The molecule has 1 aliphatic rings. The normalized spacial score (nSPS) is 14.4. The van der Waals surface area contributed by atoms with E-state index in [-0.39, 0.29) is 5.56 Å². The van der Waals surface area contributed by atoms with E-state index in [1.165, 1.54) is 6.42 Å². The van der Waals surface area contributed by atoms with Gasteiger partial charge in [0.15, 0.2) is 0 Å². The highest BCUT2D eigenvalue weighted by atomic mass is 19.1. The van der Waals surface area contributed by atoms with Crippen LogP contribution in [0, 0.1) is 11.6 Å². The molecule has 0 radical (unpaired) electrons. The second kappa shape index (κ2) is 7.26. The molecule has 1 aliphatic heterocycles. The standard InChI is InChI=1S/C20H18F2N4O/c21-13-4-6-15(17(22)10-13)20(27)25-14-5-7-18-16(11-14)19(24-12-23-18)26-8-2-1-3-9-26/h4-7,10-12H,1-3,8-9H2,(H,25,27). The molecule has 0 atom stereocenters. The second-order valence-electron chi connectivity index (χ2n) is 6.56. The zero-order valence-corrected chi connectivity index (χ0v) is 14.6. The molecule has 0 saturated carbocycles. The summed E-state index contributed by atoms with van der Waals surface area (Å²) < 4.78 is 26.9. The van der Waals surface area contributed by atoms with E-state index in [4.69, 9.17) is 0 Å². The van der Waals surface area contributed by atoms with Crippen LogP contribution in [0.5, 0.6) is 0 Å². The fourth-order valence-corrected chi connectivity index (χ4v) is 3.35. The summed E-state index contributed by atoms with van der Waals surface area (Å²) in [5.74, 6) is -1.42. The molecule has 4 rings (SSSR count). The first kappa shape index (κ1) is 17.3. The molecule has 1 fully saturated rings. The van der Waals surface area contributed by atoms with Crippen LogP contribution in [-0.2, 0) is 0 Å². The molecule has 1 N–H and O–H groups in total. The number of rotatable bonds is 3. The number of hydrogen-bond acceptors (Lipinski definition) is 4. The minimum atomic E-state index is -0.898. The molecule has 1 aromatic heterocycles. The van der Waals surface area contributed by atoms with Gasteiger partial charge in [-0.1, -0.05) is 0 Å². The molecule has 0 spiro atoms. The molecule has 0 aliphatic carbocycles. The SMILES string of the molecule is O=C(Nc1ccc2ncnc(N3CCCCC3)c2c1)c1ccc(F)cc1F. The van der Waals surface area contributed by atoms with E-state index in [1.807, 2.05) is 0 Å². The van der Waals surface area contributed by atoms with Gasteiger partial charge in [0.2, 0.25) is 0 Å². The van der Waals surface area contributed by atoms with Crippen LogP contribution < -0.4 is 10.2 Å². The van der Waals surface area contributed by atoms with Crippen molar-refractivity contribution in [3.8, 4) is 0 Å². The van der Waals surface area contributed by atoms with Crippen LogP contribution in [0.2, 0.25) is 0 Å². The van der Waals surface area contributed by atoms with Crippen molar-refractivity contribution >= 4 is 28.3 Å². The van der Waals surface area contributed by atoms with Crippen molar-refractivity contribution in [1.29, 1.82) is 0 Å². The molecule has 7 heteroatoms. The Morgan fingerprint density at radius 1 is 1.00 bits per heavy atom. The van der Waals surface area contributed by atoms with Crippen LogP contribution >= 0.6 is 0 Å². The van der Waals surface area contributed by atoms with Gasteiger partial charge in [-0.3, -0.25) is 4.79 Å². The Bertz CT molecular complexity index is 1000. The molecule has 0 unspecified atom stereocenters. The molecule has 1 saturated heterocycles. The topological polar surface area (TPSA) is 58.1 Å². The van der Waals surface area contributed by atoms with Crippen molar-refractivity contribution in [2.24, 2.45) is 0 Å². The van der Waals surface area contributed by atoms with Gasteiger partial charge in [0.25, 0.3) is 5.91 Å². The summed E-state index contributed by atoms with van der Waals surface area (Å²) in [5, 5.41) is 3.50. The van der Waals surface area contributed by atoms with Crippen LogP contribution in [0.4, 0.5) is 20.3 Å². The first-order valence-electron chi connectivity index (χ1n) is 8.88. The summed E-state index contributed by atoms with van der Waals surface area (Å²) in [6, 6.07) is 8.16. The predicted molar refractivity (Wildman–Crippen MR) is 99.9 cm³/mol. The zero-order valence-electron chi connectivity index (χ0n) is 14.6. The van der Waals surface area contributed by atoms with Crippen LogP contribution in [0.25, 0.3) is 10.9 Å². The number of piperidine rings is 1. The molecule has 1 amide bonds. The summed E-state index contributed by atoms with van der Waals surface area (Å²) in [7, 11) is 0. The van der Waals surface area contributed by atoms with Gasteiger partial charge in [-0.2, -0.15) is 0 Å². The maximum Gasteiger partial charge on any atom is 0.258 e. The van der Waals surface area contributed by atoms with Gasteiger partial charge in [-0.25, -0.2) is 18.7 Å². The number of aromatic nitrogens is 2. The smallest absolute Gasteiger partial charge is 0.258 e. The van der Waals surface area contributed by atoms with Gasteiger partial charge < -0.3 is 10.2 Å². The molecule has 138 valence electrons. The Morgan fingerprint density at radius 2 is 1.81 bits per heavy atom. The van der Waals surface area contributed by atoms with E-state index >= 15 is 0 Å². The molecule has 2 aromatic carbocycles. The predicted octanol–water partition coefficient (Wildman–Crippen LogP) is 4.15. The lowest BCUT2D eigenvalue weighted by molar-refractivity contribution is 0.102. The zero-order chi connectivity index (χ0) is 18.8. The maximum absolute atomic E-state index is 13.8. The van der Waals surface area contributed by atoms with Crippen molar-refractivity contribution in [2.45, 2.75) is 19.3 Å². The van der Waals surface area contributed by atoms with Crippen LogP contribution in [0.15, 0.2) is 42.7 Å². The Kier molecular flexibility index (Phi) is 4.66. The molecular weight excluding hydrogens is 350 g/mol. The molecule has 3 aromatic rings. The summed E-state index contributed by atoms with van der Waals surface area (Å²) in [5.41, 5.74) is 1.07. The second-order valence-corrected chi connectivity index (χ2v) is 6.56. The van der Waals surface area contributed by atoms with E-state index in [2.05, 4.69) is 20.2 Å². The summed E-state index contributed by atoms with van der Waals surface area (Å²) in [6.07, 6.45) is 4.99. The summed E-state index contributed by atoms with van der Waals surface area (Å²) in [6.45, 7) is 1.87. The van der Waals surface area contributed by atoms with Gasteiger partial charge in [-0.15, -0.1) is 0 Å². The third-order valence-corrected chi connectivity index (χ3v) is 4.70. The van der Waals surface area contributed by atoms with Crippen molar-refractivity contribution in [1.82, 2.24) is 9.97 Å². The number of nitrogens with zero attached hydrogens (tertiary/aromatic N) is 3. The highest BCUT2D eigenvalue weighted by Gasteiger charge is 2.17. The van der Waals surface area contributed by atoms with Crippen LogP contribution in [0.1, 0.15) is 29.6 Å². The monoisotopic (exact) mass is 368 g/mol. The van der Waals surface area contributed by atoms with Gasteiger partial charge in [0.1, 0.15) is 23.8 Å². The fourth-order valence-electron chi connectivity index (χ4n) is 3.35. The summed E-state index contributed by atoms with van der Waals surface area (Å²) in [4.78, 5) is 23.3. The Morgan fingerprint density at radius 3 is 2.59 bits per heavy atom. The first-order chi connectivity index (χ1) is 13.1. The quantitative estimate of drug-likeness (QED) is 0.755. The minimum Gasteiger partial charge on any atom is -0.356 e. The van der Waals surface area contributed by atoms with Gasteiger partial charge >= 0.3 is 0 Å². The number of nitrogens with one attached hydrogen (secondary N) is 1. The number of carbonyl (C=O) groups is 1. The van der Waals surface area contributed by atoms with Crippen LogP contribution in [0.3, 0.4) is 0 Å². The lowest BCUT2D eigenvalue weighted by atomic mass is 10.1. The number of hydrogen-bond donors (Lipinski definition) is 1. The van der Waals surface area contributed by atoms with Crippen LogP contribution in [-0.4, -0.2) is 29.0 Å². The molecule has 0 bridgehead atoms. The minimum absolute atomic E-state index is 0.211. The molecular formula is C20H18F2N4O. The van der Waals surface area contributed by atoms with E-state index in [1.54, 1.807) is 24.5 Å². The number of anilines is 2. The Balaban J connectivity index is 1.65. The van der Waals surface area contributed by atoms with E-state index in [0.717, 1.165) is 54.8 Å². The molecule has 5 nitrogen and oxygen atoms in total. The van der Waals surface area contributed by atoms with Crippen molar-refractivity contribution in [3.63, 3.8) is 0 Å². The third-order valence-electron chi connectivity index (χ3n) is 4.70. The highest BCUT2D eigenvalue weighted by Crippen LogP contribution is 2.28. The van der Waals surface area contributed by atoms with Crippen molar-refractivity contribution in [3.05, 3.63) is 59.9 Å². The third kappa shape index (κ3) is 3.58. The number of benzene rings is 2. The van der Waals surface area contributed by atoms with E-state index in [0.29, 0.717) is 11.8 Å². The van der Waals surface area contributed by atoms with Gasteiger partial charge in [-0.05, 0) is 49.6 Å². The number of halogens is 2. The summed E-state index contributed by atoms with van der Waals surface area (Å²) >= 11 is 0. The maximum atomic E-state index is 13.8. The fraction of sp³-hybridized carbons (Fsp3) is 0.250. The van der Waals surface area contributed by atoms with Crippen molar-refractivity contribution in [2.75, 3.05) is 23.3 Å². The lowest BCUT2D eigenvalue weighted by Crippen LogP contribution is -2.30. The Hall–Kier alpha value is -3.09. The first-order valence-corrected chi connectivity index (χ1v) is 8.88. The number of amides is 1. The van der Waals surface area contributed by atoms with E-state index < -0.39 is 17.5 Å². The lowest BCUT2D eigenvalue weighted by Gasteiger charge is -2.28.